The lowest BCUT2D eigenvalue weighted by atomic mass is 10.0. The van der Waals surface area contributed by atoms with Crippen molar-refractivity contribution in [2.45, 2.75) is 45.3 Å². The van der Waals surface area contributed by atoms with Gasteiger partial charge in [-0.1, -0.05) is 29.8 Å². The maximum absolute atomic E-state index is 13.1. The Bertz CT molecular complexity index is 1230. The lowest BCUT2D eigenvalue weighted by molar-refractivity contribution is -0.152. The molecule has 1 atom stereocenters. The molecule has 3 aromatic rings. The molecule has 1 unspecified atom stereocenters. The molecule has 1 aliphatic heterocycles. The number of carbonyl (C=O) groups excluding carboxylic acids is 1. The molecule has 7 nitrogen and oxygen atoms in total. The number of anilines is 1. The minimum Gasteiger partial charge on any atom is -0.478 e. The van der Waals surface area contributed by atoms with Crippen LogP contribution >= 0.6 is 22.9 Å². The van der Waals surface area contributed by atoms with Gasteiger partial charge in [0.1, 0.15) is 15.6 Å². The summed E-state index contributed by atoms with van der Waals surface area (Å²) in [5, 5.41) is 14.0. The number of aromatic nitrogens is 1. The largest absolute Gasteiger partial charge is 0.478 e. The number of carbonyl (C=O) groups is 2. The summed E-state index contributed by atoms with van der Waals surface area (Å²) in [4.78, 5) is 31.9. The summed E-state index contributed by atoms with van der Waals surface area (Å²) in [5.41, 5.74) is 1.24. The van der Waals surface area contributed by atoms with E-state index >= 15 is 0 Å². The van der Waals surface area contributed by atoms with Crippen LogP contribution in [0.15, 0.2) is 48.5 Å². The summed E-state index contributed by atoms with van der Waals surface area (Å²) in [6, 6.07) is 14.8. The van der Waals surface area contributed by atoms with Crippen molar-refractivity contribution < 1.29 is 19.4 Å². The Morgan fingerprint density at radius 1 is 1.23 bits per heavy atom. The number of ether oxygens (including phenoxy) is 1. The zero-order valence-electron chi connectivity index (χ0n) is 19.9. The van der Waals surface area contributed by atoms with Gasteiger partial charge in [-0.15, -0.1) is 11.3 Å². The van der Waals surface area contributed by atoms with Crippen molar-refractivity contribution in [2.75, 3.05) is 18.0 Å². The molecule has 2 aromatic carbocycles. The SMILES string of the molecule is Cc1nc(-c2ccc(Cl)cc2)sc1C(=O)NC1CCCN(c2cccc(OC(C)(C)C(=O)O)c2)C1. The lowest BCUT2D eigenvalue weighted by Gasteiger charge is -2.35. The van der Waals surface area contributed by atoms with Crippen LogP contribution in [0.25, 0.3) is 10.6 Å². The van der Waals surface area contributed by atoms with Crippen LogP contribution in [0.5, 0.6) is 5.75 Å². The Labute approximate surface area is 213 Å². The highest BCUT2D eigenvalue weighted by molar-refractivity contribution is 7.17. The second-order valence-electron chi connectivity index (χ2n) is 9.11. The van der Waals surface area contributed by atoms with Crippen LogP contribution in [-0.2, 0) is 4.79 Å². The monoisotopic (exact) mass is 513 g/mol. The van der Waals surface area contributed by atoms with Crippen LogP contribution in [-0.4, -0.2) is 46.7 Å². The molecule has 1 fully saturated rings. The van der Waals surface area contributed by atoms with Gasteiger partial charge in [-0.25, -0.2) is 9.78 Å². The molecule has 2 N–H and O–H groups in total. The third-order valence-electron chi connectivity index (χ3n) is 5.92. The average Bonchev–Trinajstić information content (AvgIpc) is 3.21. The molecule has 0 aliphatic carbocycles. The van der Waals surface area contributed by atoms with E-state index in [9.17, 15) is 14.7 Å². The first kappa shape index (κ1) is 25.0. The zero-order valence-corrected chi connectivity index (χ0v) is 21.4. The molecule has 0 radical (unpaired) electrons. The van der Waals surface area contributed by atoms with Crippen LogP contribution in [0.3, 0.4) is 0 Å². The summed E-state index contributed by atoms with van der Waals surface area (Å²) in [5.74, 6) is -0.648. The van der Waals surface area contributed by atoms with Gasteiger partial charge in [0.2, 0.25) is 0 Å². The van der Waals surface area contributed by atoms with Gasteiger partial charge >= 0.3 is 5.97 Å². The zero-order chi connectivity index (χ0) is 25.2. The quantitative estimate of drug-likeness (QED) is 0.438. The molecule has 4 rings (SSSR count). The number of carboxylic acids is 1. The number of piperidine rings is 1. The van der Waals surface area contributed by atoms with Crippen molar-refractivity contribution in [1.29, 1.82) is 0 Å². The summed E-state index contributed by atoms with van der Waals surface area (Å²) >= 11 is 7.36. The molecule has 2 heterocycles. The Morgan fingerprint density at radius 2 is 1.97 bits per heavy atom. The van der Waals surface area contributed by atoms with Gasteiger partial charge in [0.25, 0.3) is 5.91 Å². The number of rotatable bonds is 7. The van der Waals surface area contributed by atoms with E-state index in [1.54, 1.807) is 6.07 Å². The summed E-state index contributed by atoms with van der Waals surface area (Å²) < 4.78 is 5.69. The third-order valence-corrected chi connectivity index (χ3v) is 7.38. The normalized spacial score (nSPS) is 16.1. The van der Waals surface area contributed by atoms with Gasteiger partial charge in [-0.2, -0.15) is 0 Å². The minimum atomic E-state index is -1.32. The topological polar surface area (TPSA) is 91.8 Å². The molecular weight excluding hydrogens is 486 g/mol. The van der Waals surface area contributed by atoms with Crippen molar-refractivity contribution in [2.24, 2.45) is 0 Å². The summed E-state index contributed by atoms with van der Waals surface area (Å²) in [7, 11) is 0. The molecule has 184 valence electrons. The number of aliphatic carboxylic acids is 1. The number of halogens is 1. The smallest absolute Gasteiger partial charge is 0.347 e. The third kappa shape index (κ3) is 5.94. The maximum Gasteiger partial charge on any atom is 0.347 e. The van der Waals surface area contributed by atoms with Crippen molar-refractivity contribution in [3.05, 3.63) is 64.1 Å². The van der Waals surface area contributed by atoms with E-state index in [0.29, 0.717) is 27.9 Å². The number of carboxylic acid groups (broad SMARTS) is 1. The minimum absolute atomic E-state index is 0.0169. The summed E-state index contributed by atoms with van der Waals surface area (Å²) in [6.45, 7) is 6.39. The fraction of sp³-hybridized carbons (Fsp3) is 0.346. The Morgan fingerprint density at radius 3 is 2.69 bits per heavy atom. The maximum atomic E-state index is 13.1. The molecule has 35 heavy (non-hydrogen) atoms. The van der Waals surface area contributed by atoms with E-state index in [0.717, 1.165) is 35.6 Å². The van der Waals surface area contributed by atoms with Gasteiger partial charge in [0.15, 0.2) is 5.60 Å². The standard InChI is InChI=1S/C26H28ClN3O4S/c1-16-22(35-24(28-16)17-9-11-18(27)12-10-17)23(31)29-19-6-5-13-30(15-19)20-7-4-8-21(14-20)34-26(2,3)25(32)33/h4,7-12,14,19H,5-6,13,15H2,1-3H3,(H,29,31)(H,32,33). The van der Waals surface area contributed by atoms with E-state index < -0.39 is 11.6 Å². The number of thiazole rings is 1. The first-order valence-electron chi connectivity index (χ1n) is 11.4. The molecule has 0 bridgehead atoms. The van der Waals surface area contributed by atoms with Gasteiger partial charge < -0.3 is 20.1 Å². The Kier molecular flexibility index (Phi) is 7.33. The number of nitrogens with zero attached hydrogens (tertiary/aromatic N) is 2. The van der Waals surface area contributed by atoms with E-state index in [-0.39, 0.29) is 11.9 Å². The first-order chi connectivity index (χ1) is 16.6. The number of hydrogen-bond acceptors (Lipinski definition) is 6. The molecule has 1 aromatic heterocycles. The molecule has 0 saturated carbocycles. The predicted octanol–water partition coefficient (Wildman–Crippen LogP) is 5.41. The molecular formula is C26H28ClN3O4S. The number of amides is 1. The molecule has 1 amide bonds. The van der Waals surface area contributed by atoms with Crippen molar-refractivity contribution in [3.63, 3.8) is 0 Å². The fourth-order valence-electron chi connectivity index (χ4n) is 3.99. The number of aryl methyl sites for hydroxylation is 1. The highest BCUT2D eigenvalue weighted by Crippen LogP contribution is 2.30. The second kappa shape index (κ2) is 10.3. The van der Waals surface area contributed by atoms with Crippen LogP contribution in [0.2, 0.25) is 5.02 Å². The molecule has 1 aliphatic rings. The van der Waals surface area contributed by atoms with Gasteiger partial charge in [-0.05, 0) is 57.9 Å². The highest BCUT2D eigenvalue weighted by atomic mass is 35.5. The Balaban J connectivity index is 1.43. The van der Waals surface area contributed by atoms with Crippen LogP contribution in [0, 0.1) is 6.92 Å². The predicted molar refractivity (Wildman–Crippen MR) is 139 cm³/mol. The van der Waals surface area contributed by atoms with Crippen LogP contribution < -0.4 is 15.0 Å². The van der Waals surface area contributed by atoms with Gasteiger partial charge in [0, 0.05) is 41.5 Å². The van der Waals surface area contributed by atoms with E-state index in [4.69, 9.17) is 16.3 Å². The van der Waals surface area contributed by atoms with Crippen LogP contribution in [0.4, 0.5) is 5.69 Å². The summed E-state index contributed by atoms with van der Waals surface area (Å²) in [6.07, 6.45) is 1.81. The van der Waals surface area contributed by atoms with E-state index in [1.165, 1.54) is 25.2 Å². The van der Waals surface area contributed by atoms with E-state index in [2.05, 4.69) is 15.2 Å². The highest BCUT2D eigenvalue weighted by Gasteiger charge is 2.30. The number of nitrogens with one attached hydrogen (secondary N) is 1. The van der Waals surface area contributed by atoms with Crippen molar-refractivity contribution in [3.8, 4) is 16.3 Å². The molecule has 9 heteroatoms. The number of hydrogen-bond donors (Lipinski definition) is 2. The van der Waals surface area contributed by atoms with Gasteiger partial charge in [0.05, 0.1) is 5.69 Å². The lowest BCUT2D eigenvalue weighted by Crippen LogP contribution is -2.47. The van der Waals surface area contributed by atoms with E-state index in [1.807, 2.05) is 49.4 Å². The fourth-order valence-corrected chi connectivity index (χ4v) is 5.09. The number of benzene rings is 2. The Hall–Kier alpha value is -3.10. The second-order valence-corrected chi connectivity index (χ2v) is 10.5. The first-order valence-corrected chi connectivity index (χ1v) is 12.6. The molecule has 1 saturated heterocycles. The van der Waals surface area contributed by atoms with Crippen molar-refractivity contribution >= 4 is 40.5 Å². The van der Waals surface area contributed by atoms with Crippen LogP contribution in [0.1, 0.15) is 42.1 Å². The average molecular weight is 514 g/mol. The van der Waals surface area contributed by atoms with Gasteiger partial charge in [-0.3, -0.25) is 4.79 Å². The van der Waals surface area contributed by atoms with Crippen molar-refractivity contribution in [1.82, 2.24) is 10.3 Å². The molecule has 0 spiro atoms.